The molecule has 0 aromatic rings. The Morgan fingerprint density at radius 2 is 2.44 bits per heavy atom. The molecule has 1 N–H and O–H groups in total. The van der Waals surface area contributed by atoms with Crippen LogP contribution in [0.5, 0.6) is 0 Å². The van der Waals surface area contributed by atoms with E-state index in [0.29, 0.717) is 11.1 Å². The molecule has 0 radical (unpaired) electrons. The molecule has 1 saturated carbocycles. The summed E-state index contributed by atoms with van der Waals surface area (Å²) in [5.41, 5.74) is 0. The predicted molar refractivity (Wildman–Crippen MR) is 40.6 cm³/mol. The molecule has 0 spiro atoms. The SMILES string of the molecule is C=C(Cl)CNC1CC1C. The fourth-order valence-electron chi connectivity index (χ4n) is 0.848. The van der Waals surface area contributed by atoms with Gasteiger partial charge in [0.15, 0.2) is 0 Å². The van der Waals surface area contributed by atoms with Gasteiger partial charge in [-0.3, -0.25) is 0 Å². The summed E-state index contributed by atoms with van der Waals surface area (Å²) < 4.78 is 0. The van der Waals surface area contributed by atoms with Crippen molar-refractivity contribution in [1.82, 2.24) is 5.32 Å². The first-order chi connectivity index (χ1) is 4.20. The summed E-state index contributed by atoms with van der Waals surface area (Å²) in [6, 6.07) is 0.709. The summed E-state index contributed by atoms with van der Waals surface area (Å²) >= 11 is 5.54. The third kappa shape index (κ3) is 2.37. The van der Waals surface area contributed by atoms with Gasteiger partial charge in [0, 0.05) is 17.6 Å². The molecule has 9 heavy (non-hydrogen) atoms. The maximum absolute atomic E-state index is 5.54. The number of hydrogen-bond donors (Lipinski definition) is 1. The fraction of sp³-hybridized carbons (Fsp3) is 0.714. The molecule has 0 aromatic carbocycles. The highest BCUT2D eigenvalue weighted by molar-refractivity contribution is 6.29. The lowest BCUT2D eigenvalue weighted by Crippen LogP contribution is -2.18. The van der Waals surface area contributed by atoms with Gasteiger partial charge < -0.3 is 5.32 Å². The molecular formula is C7H12ClN. The lowest BCUT2D eigenvalue weighted by molar-refractivity contribution is 0.701. The molecule has 0 aliphatic heterocycles. The van der Waals surface area contributed by atoms with Gasteiger partial charge in [0.2, 0.25) is 0 Å². The van der Waals surface area contributed by atoms with Crippen LogP contribution in [0.1, 0.15) is 13.3 Å². The maximum Gasteiger partial charge on any atom is 0.0310 e. The Balaban J connectivity index is 2.00. The highest BCUT2D eigenvalue weighted by atomic mass is 35.5. The molecule has 0 amide bonds. The summed E-state index contributed by atoms with van der Waals surface area (Å²) in [7, 11) is 0. The van der Waals surface area contributed by atoms with Crippen molar-refractivity contribution in [3.63, 3.8) is 0 Å². The Morgan fingerprint density at radius 1 is 1.89 bits per heavy atom. The Hall–Kier alpha value is -0.0100. The summed E-state index contributed by atoms with van der Waals surface area (Å²) in [5.74, 6) is 0.848. The standard InChI is InChI=1S/C7H12ClN/c1-5-3-7(5)9-4-6(2)8/h5,7,9H,2-4H2,1H3. The summed E-state index contributed by atoms with van der Waals surface area (Å²) in [5, 5.41) is 3.98. The number of halogens is 1. The smallest absolute Gasteiger partial charge is 0.0310 e. The molecule has 0 bridgehead atoms. The van der Waals surface area contributed by atoms with Gasteiger partial charge in [0.1, 0.15) is 0 Å². The third-order valence-corrected chi connectivity index (χ3v) is 1.80. The number of hydrogen-bond acceptors (Lipinski definition) is 1. The molecule has 1 rings (SSSR count). The second kappa shape index (κ2) is 2.72. The lowest BCUT2D eigenvalue weighted by atomic mass is 10.5. The molecule has 1 aliphatic rings. The number of rotatable bonds is 3. The van der Waals surface area contributed by atoms with Crippen molar-refractivity contribution in [3.05, 3.63) is 11.6 Å². The molecule has 1 fully saturated rings. The van der Waals surface area contributed by atoms with E-state index in [1.54, 1.807) is 0 Å². The van der Waals surface area contributed by atoms with E-state index in [-0.39, 0.29) is 0 Å². The van der Waals surface area contributed by atoms with Crippen molar-refractivity contribution in [3.8, 4) is 0 Å². The van der Waals surface area contributed by atoms with E-state index >= 15 is 0 Å². The van der Waals surface area contributed by atoms with Crippen molar-refractivity contribution >= 4 is 11.6 Å². The van der Waals surface area contributed by atoms with E-state index in [2.05, 4.69) is 18.8 Å². The monoisotopic (exact) mass is 145 g/mol. The average Bonchev–Trinajstić information content (AvgIpc) is 2.42. The second-order valence-corrected chi connectivity index (χ2v) is 3.25. The minimum Gasteiger partial charge on any atom is -0.309 e. The van der Waals surface area contributed by atoms with E-state index in [4.69, 9.17) is 11.6 Å². The van der Waals surface area contributed by atoms with Gasteiger partial charge >= 0.3 is 0 Å². The molecule has 1 aliphatic carbocycles. The lowest BCUT2D eigenvalue weighted by Gasteiger charge is -1.98. The molecule has 0 aromatic heterocycles. The van der Waals surface area contributed by atoms with Gasteiger partial charge in [-0.05, 0) is 12.3 Å². The van der Waals surface area contributed by atoms with Crippen LogP contribution in [-0.4, -0.2) is 12.6 Å². The molecular weight excluding hydrogens is 134 g/mol. The highest BCUT2D eigenvalue weighted by Crippen LogP contribution is 2.28. The van der Waals surface area contributed by atoms with Gasteiger partial charge in [-0.25, -0.2) is 0 Å². The van der Waals surface area contributed by atoms with Crippen molar-refractivity contribution in [2.75, 3.05) is 6.54 Å². The van der Waals surface area contributed by atoms with Crippen LogP contribution < -0.4 is 5.32 Å². The Bertz CT molecular complexity index is 122. The highest BCUT2D eigenvalue weighted by Gasteiger charge is 2.31. The molecule has 2 atom stereocenters. The van der Waals surface area contributed by atoms with Crippen LogP contribution in [-0.2, 0) is 0 Å². The Morgan fingerprint density at radius 3 is 2.78 bits per heavy atom. The largest absolute Gasteiger partial charge is 0.309 e. The van der Waals surface area contributed by atoms with Crippen LogP contribution >= 0.6 is 11.6 Å². The van der Waals surface area contributed by atoms with Gasteiger partial charge in [0.05, 0.1) is 0 Å². The van der Waals surface area contributed by atoms with Gasteiger partial charge in [-0.1, -0.05) is 25.1 Å². The Labute approximate surface area is 61.1 Å². The maximum atomic E-state index is 5.54. The predicted octanol–water partition coefficient (Wildman–Crippen LogP) is 1.74. The average molecular weight is 146 g/mol. The quantitative estimate of drug-likeness (QED) is 0.638. The molecule has 52 valence electrons. The first kappa shape index (κ1) is 7.10. The van der Waals surface area contributed by atoms with Crippen molar-refractivity contribution < 1.29 is 0 Å². The van der Waals surface area contributed by atoms with Crippen LogP contribution in [0.15, 0.2) is 11.6 Å². The zero-order valence-electron chi connectivity index (χ0n) is 5.65. The van der Waals surface area contributed by atoms with Crippen LogP contribution in [0, 0.1) is 5.92 Å². The Kier molecular flexibility index (Phi) is 2.14. The van der Waals surface area contributed by atoms with E-state index in [9.17, 15) is 0 Å². The van der Waals surface area contributed by atoms with Crippen LogP contribution in [0.3, 0.4) is 0 Å². The van der Waals surface area contributed by atoms with E-state index in [1.165, 1.54) is 6.42 Å². The van der Waals surface area contributed by atoms with Crippen molar-refractivity contribution in [2.45, 2.75) is 19.4 Å². The summed E-state index contributed by atoms with van der Waals surface area (Å²) in [6.45, 7) is 6.57. The minimum atomic E-state index is 0.703. The molecule has 0 saturated heterocycles. The van der Waals surface area contributed by atoms with Gasteiger partial charge in [-0.15, -0.1) is 0 Å². The third-order valence-electron chi connectivity index (χ3n) is 1.67. The van der Waals surface area contributed by atoms with E-state index < -0.39 is 0 Å². The first-order valence-electron chi connectivity index (χ1n) is 3.27. The number of nitrogens with one attached hydrogen (secondary N) is 1. The van der Waals surface area contributed by atoms with Crippen LogP contribution in [0.2, 0.25) is 0 Å². The van der Waals surface area contributed by atoms with E-state index in [1.807, 2.05) is 0 Å². The van der Waals surface area contributed by atoms with Gasteiger partial charge in [-0.2, -0.15) is 0 Å². The van der Waals surface area contributed by atoms with Gasteiger partial charge in [0.25, 0.3) is 0 Å². The molecule has 2 heteroatoms. The van der Waals surface area contributed by atoms with Crippen molar-refractivity contribution in [1.29, 1.82) is 0 Å². The van der Waals surface area contributed by atoms with E-state index in [0.717, 1.165) is 12.5 Å². The topological polar surface area (TPSA) is 12.0 Å². The summed E-state index contributed by atoms with van der Waals surface area (Å²) in [6.07, 6.45) is 1.30. The normalized spacial score (nSPS) is 32.2. The second-order valence-electron chi connectivity index (χ2n) is 2.72. The van der Waals surface area contributed by atoms with Crippen LogP contribution in [0.4, 0.5) is 0 Å². The summed E-state index contributed by atoms with van der Waals surface area (Å²) in [4.78, 5) is 0. The molecule has 1 nitrogen and oxygen atoms in total. The fourth-order valence-corrected chi connectivity index (χ4v) is 0.925. The zero-order chi connectivity index (χ0) is 6.85. The zero-order valence-corrected chi connectivity index (χ0v) is 6.41. The van der Waals surface area contributed by atoms with Crippen LogP contribution in [0.25, 0.3) is 0 Å². The minimum absolute atomic E-state index is 0.703. The molecule has 2 unspecified atom stereocenters. The molecule has 0 heterocycles. The van der Waals surface area contributed by atoms with Crippen molar-refractivity contribution in [2.24, 2.45) is 5.92 Å². The first-order valence-corrected chi connectivity index (χ1v) is 3.64.